The average molecular weight is 598 g/mol. The van der Waals surface area contributed by atoms with Crippen LogP contribution in [0.5, 0.6) is 5.75 Å². The first kappa shape index (κ1) is 28.6. The minimum Gasteiger partial charge on any atom is -0.496 e. The van der Waals surface area contributed by atoms with Crippen LogP contribution in [0.25, 0.3) is 21.8 Å². The molecule has 3 aromatic carbocycles. The van der Waals surface area contributed by atoms with Crippen molar-refractivity contribution in [2.75, 3.05) is 19.5 Å². The number of hydrogen-bond donors (Lipinski definition) is 1. The monoisotopic (exact) mass is 597 g/mol. The highest BCUT2D eigenvalue weighted by Crippen LogP contribution is 2.31. The van der Waals surface area contributed by atoms with E-state index in [1.165, 1.54) is 7.11 Å². The van der Waals surface area contributed by atoms with Gasteiger partial charge in [0.15, 0.2) is 0 Å². The highest BCUT2D eigenvalue weighted by molar-refractivity contribution is 6.31. The third-order valence-electron chi connectivity index (χ3n) is 7.92. The number of rotatable bonds is 8. The van der Waals surface area contributed by atoms with Crippen molar-refractivity contribution >= 4 is 51.2 Å². The standard InChI is InChI=1S/C34H32ClN3O5/c1-41-32-16-23(33(39)42-2)8-7-22(32)15-24-19-38(20-27-12-10-21-9-11-25(35)17-30(21)36-27)31-14-13-26(18-29(24)31)37-34(40)43-28-5-3-4-6-28/h7-14,16-19,28H,3-6,15,20H2,1-2H3,(H,37,40). The number of benzene rings is 3. The van der Waals surface area contributed by atoms with E-state index in [1.807, 2.05) is 54.6 Å². The third kappa shape index (κ3) is 6.29. The molecule has 5 aromatic rings. The molecule has 0 unspecified atom stereocenters. The molecule has 2 heterocycles. The van der Waals surface area contributed by atoms with Gasteiger partial charge < -0.3 is 18.8 Å². The van der Waals surface area contributed by atoms with Crippen molar-refractivity contribution in [3.63, 3.8) is 0 Å². The zero-order valence-corrected chi connectivity index (χ0v) is 24.8. The summed E-state index contributed by atoms with van der Waals surface area (Å²) < 4.78 is 18.3. The van der Waals surface area contributed by atoms with Gasteiger partial charge in [-0.15, -0.1) is 0 Å². The van der Waals surface area contributed by atoms with E-state index in [4.69, 9.17) is 30.8 Å². The Labute approximate surface area is 254 Å². The van der Waals surface area contributed by atoms with Gasteiger partial charge in [-0.25, -0.2) is 9.59 Å². The number of carbonyl (C=O) groups excluding carboxylic acids is 2. The van der Waals surface area contributed by atoms with E-state index >= 15 is 0 Å². The number of aromatic nitrogens is 2. The molecule has 43 heavy (non-hydrogen) atoms. The minimum atomic E-state index is -0.439. The van der Waals surface area contributed by atoms with Crippen LogP contribution < -0.4 is 10.1 Å². The Morgan fingerprint density at radius 3 is 2.58 bits per heavy atom. The number of fused-ring (bicyclic) bond motifs is 2. The molecule has 2 aromatic heterocycles. The minimum absolute atomic E-state index is 0.0230. The number of carbonyl (C=O) groups is 2. The van der Waals surface area contributed by atoms with Crippen LogP contribution in [0.15, 0.2) is 72.9 Å². The first-order valence-electron chi connectivity index (χ1n) is 14.3. The molecule has 0 aliphatic heterocycles. The van der Waals surface area contributed by atoms with Gasteiger partial charge in [-0.3, -0.25) is 10.3 Å². The lowest BCUT2D eigenvalue weighted by molar-refractivity contribution is 0.0600. The lowest BCUT2D eigenvalue weighted by atomic mass is 10.0. The van der Waals surface area contributed by atoms with Gasteiger partial charge in [-0.1, -0.05) is 29.8 Å². The second-order valence-corrected chi connectivity index (χ2v) is 11.2. The highest BCUT2D eigenvalue weighted by atomic mass is 35.5. The fourth-order valence-corrected chi connectivity index (χ4v) is 5.93. The van der Waals surface area contributed by atoms with Crippen LogP contribution in [0.1, 0.15) is 52.9 Å². The van der Waals surface area contributed by atoms with Gasteiger partial charge in [-0.05, 0) is 85.3 Å². The van der Waals surface area contributed by atoms with E-state index in [9.17, 15) is 9.59 Å². The summed E-state index contributed by atoms with van der Waals surface area (Å²) >= 11 is 6.23. The third-order valence-corrected chi connectivity index (χ3v) is 8.15. The Morgan fingerprint density at radius 1 is 0.977 bits per heavy atom. The molecule has 220 valence electrons. The number of amides is 1. The Hall–Kier alpha value is -4.56. The smallest absolute Gasteiger partial charge is 0.411 e. The van der Waals surface area contributed by atoms with Crippen LogP contribution in [-0.4, -0.2) is 41.9 Å². The zero-order chi connectivity index (χ0) is 29.9. The number of pyridine rings is 1. The lowest BCUT2D eigenvalue weighted by Gasteiger charge is -2.13. The van der Waals surface area contributed by atoms with Gasteiger partial charge in [0.1, 0.15) is 11.9 Å². The number of nitrogens with zero attached hydrogens (tertiary/aromatic N) is 2. The summed E-state index contributed by atoms with van der Waals surface area (Å²) in [7, 11) is 2.94. The number of anilines is 1. The molecule has 1 amide bonds. The molecule has 1 N–H and O–H groups in total. The predicted molar refractivity (Wildman–Crippen MR) is 167 cm³/mol. The molecule has 9 heteroatoms. The van der Waals surface area contributed by atoms with Crippen molar-refractivity contribution in [3.8, 4) is 5.75 Å². The quantitative estimate of drug-likeness (QED) is 0.184. The summed E-state index contributed by atoms with van der Waals surface area (Å²) in [6.45, 7) is 0.536. The van der Waals surface area contributed by atoms with Crippen molar-refractivity contribution in [1.29, 1.82) is 0 Å². The van der Waals surface area contributed by atoms with E-state index in [-0.39, 0.29) is 6.10 Å². The molecule has 0 atom stereocenters. The Morgan fingerprint density at radius 2 is 1.79 bits per heavy atom. The van der Waals surface area contributed by atoms with Gasteiger partial charge in [0.2, 0.25) is 0 Å². The van der Waals surface area contributed by atoms with Gasteiger partial charge in [0.05, 0.1) is 37.5 Å². The topological polar surface area (TPSA) is 91.7 Å². The van der Waals surface area contributed by atoms with E-state index in [2.05, 4.69) is 16.1 Å². The molecule has 0 radical (unpaired) electrons. The van der Waals surface area contributed by atoms with E-state index < -0.39 is 12.1 Å². The number of nitrogens with one attached hydrogen (secondary N) is 1. The van der Waals surface area contributed by atoms with E-state index in [0.29, 0.717) is 35.0 Å². The maximum atomic E-state index is 12.6. The second-order valence-electron chi connectivity index (χ2n) is 10.8. The summed E-state index contributed by atoms with van der Waals surface area (Å²) in [5.74, 6) is 0.164. The molecule has 6 rings (SSSR count). The van der Waals surface area contributed by atoms with Crippen molar-refractivity contribution < 1.29 is 23.8 Å². The maximum absolute atomic E-state index is 12.6. The number of ether oxygens (including phenoxy) is 3. The fraction of sp³-hybridized carbons (Fsp3) is 0.265. The normalized spacial score (nSPS) is 13.4. The number of halogens is 1. The molecule has 0 bridgehead atoms. The Kier molecular flexibility index (Phi) is 8.20. The van der Waals surface area contributed by atoms with Crippen LogP contribution in [0.2, 0.25) is 5.02 Å². The maximum Gasteiger partial charge on any atom is 0.411 e. The molecule has 8 nitrogen and oxygen atoms in total. The molecule has 0 spiro atoms. The summed E-state index contributed by atoms with van der Waals surface area (Å²) in [5.41, 5.74) is 5.72. The summed E-state index contributed by atoms with van der Waals surface area (Å²) in [4.78, 5) is 29.6. The van der Waals surface area contributed by atoms with Crippen LogP contribution >= 0.6 is 11.6 Å². The largest absolute Gasteiger partial charge is 0.496 e. The number of methoxy groups -OCH3 is 2. The molecule has 1 aliphatic rings. The Balaban J connectivity index is 1.35. The molecular formula is C34H32ClN3O5. The van der Waals surface area contributed by atoms with Crippen molar-refractivity contribution in [2.24, 2.45) is 0 Å². The zero-order valence-electron chi connectivity index (χ0n) is 24.1. The highest BCUT2D eigenvalue weighted by Gasteiger charge is 2.20. The second kappa shape index (κ2) is 12.4. The number of hydrogen-bond acceptors (Lipinski definition) is 6. The fourth-order valence-electron chi connectivity index (χ4n) is 5.76. The van der Waals surface area contributed by atoms with E-state index in [1.54, 1.807) is 19.2 Å². The molecule has 1 aliphatic carbocycles. The molecule has 1 saturated carbocycles. The lowest BCUT2D eigenvalue weighted by Crippen LogP contribution is -2.20. The van der Waals surface area contributed by atoms with E-state index in [0.717, 1.165) is 64.3 Å². The van der Waals surface area contributed by atoms with Crippen LogP contribution in [0.3, 0.4) is 0 Å². The van der Waals surface area contributed by atoms with Gasteiger partial charge in [-0.2, -0.15) is 0 Å². The summed E-state index contributed by atoms with van der Waals surface area (Å²) in [6, 6.07) is 20.9. The van der Waals surface area contributed by atoms with Crippen LogP contribution in [0, 0.1) is 0 Å². The molecule has 1 fully saturated rings. The average Bonchev–Trinajstić information content (AvgIpc) is 3.64. The SMILES string of the molecule is COC(=O)c1ccc(Cc2cn(Cc3ccc4ccc(Cl)cc4n3)c3ccc(NC(=O)OC4CCCC4)cc23)c(OC)c1. The predicted octanol–water partition coefficient (Wildman–Crippen LogP) is 7.77. The van der Waals surface area contributed by atoms with Crippen molar-refractivity contribution in [3.05, 3.63) is 100 Å². The number of esters is 1. The van der Waals surface area contributed by atoms with Crippen molar-refractivity contribution in [2.45, 2.75) is 44.8 Å². The van der Waals surface area contributed by atoms with Crippen LogP contribution in [0.4, 0.5) is 10.5 Å². The first-order chi connectivity index (χ1) is 20.9. The van der Waals surface area contributed by atoms with Gasteiger partial charge in [0.25, 0.3) is 0 Å². The first-order valence-corrected chi connectivity index (χ1v) is 14.7. The Bertz CT molecular complexity index is 1830. The van der Waals surface area contributed by atoms with Crippen LogP contribution in [-0.2, 0) is 22.4 Å². The van der Waals surface area contributed by atoms with Gasteiger partial charge >= 0.3 is 12.1 Å². The van der Waals surface area contributed by atoms with Gasteiger partial charge in [0, 0.05) is 39.6 Å². The summed E-state index contributed by atoms with van der Waals surface area (Å²) in [5, 5.41) is 5.55. The molecule has 0 saturated heterocycles. The molecular weight excluding hydrogens is 566 g/mol. The summed E-state index contributed by atoms with van der Waals surface area (Å²) in [6.07, 6.45) is 6.16. The van der Waals surface area contributed by atoms with Crippen molar-refractivity contribution in [1.82, 2.24) is 9.55 Å².